The Labute approximate surface area is 83.0 Å². The third-order valence-corrected chi connectivity index (χ3v) is 2.63. The number of nitrogens with one attached hydrogen (secondary N) is 1. The second-order valence-electron chi connectivity index (χ2n) is 4.36. The van der Waals surface area contributed by atoms with Crippen molar-refractivity contribution in [1.29, 1.82) is 0 Å². The Kier molecular flexibility index (Phi) is 2.53. The van der Waals surface area contributed by atoms with Crippen LogP contribution in [0.4, 0.5) is 0 Å². The SMILES string of the molecule is CC1(C)O[C@H]2[C@H](O1)[C@H](O)CNC[C@H]2O. The molecule has 3 N–H and O–H groups in total. The van der Waals surface area contributed by atoms with Crippen LogP contribution in [0.1, 0.15) is 13.8 Å². The van der Waals surface area contributed by atoms with Gasteiger partial charge in [0.05, 0.1) is 12.2 Å². The molecular weight excluding hydrogens is 186 g/mol. The Morgan fingerprint density at radius 2 is 1.50 bits per heavy atom. The van der Waals surface area contributed by atoms with E-state index in [1.54, 1.807) is 13.8 Å². The van der Waals surface area contributed by atoms with Crippen LogP contribution in [0, 0.1) is 0 Å². The summed E-state index contributed by atoms with van der Waals surface area (Å²) < 4.78 is 11.1. The number of hydrogen-bond acceptors (Lipinski definition) is 5. The van der Waals surface area contributed by atoms with Crippen LogP contribution < -0.4 is 5.32 Å². The van der Waals surface area contributed by atoms with Crippen LogP contribution in [-0.4, -0.2) is 53.5 Å². The third-order valence-electron chi connectivity index (χ3n) is 2.63. The Hall–Kier alpha value is -0.200. The molecule has 2 saturated heterocycles. The fourth-order valence-electron chi connectivity index (χ4n) is 2.02. The molecular formula is C9H17NO4. The van der Waals surface area contributed by atoms with Crippen molar-refractivity contribution in [2.24, 2.45) is 0 Å². The van der Waals surface area contributed by atoms with Gasteiger partial charge in [-0.05, 0) is 13.8 Å². The summed E-state index contributed by atoms with van der Waals surface area (Å²) in [5.74, 6) is -0.714. The zero-order chi connectivity index (χ0) is 10.3. The molecule has 0 aromatic carbocycles. The Balaban J connectivity index is 2.16. The fraction of sp³-hybridized carbons (Fsp3) is 1.00. The van der Waals surface area contributed by atoms with Gasteiger partial charge in [-0.3, -0.25) is 0 Å². The van der Waals surface area contributed by atoms with E-state index in [1.165, 1.54) is 0 Å². The molecule has 0 radical (unpaired) electrons. The smallest absolute Gasteiger partial charge is 0.164 e. The van der Waals surface area contributed by atoms with Gasteiger partial charge in [-0.2, -0.15) is 0 Å². The van der Waals surface area contributed by atoms with E-state index in [4.69, 9.17) is 9.47 Å². The van der Waals surface area contributed by atoms with Gasteiger partial charge in [0.1, 0.15) is 12.2 Å². The van der Waals surface area contributed by atoms with Crippen molar-refractivity contribution in [1.82, 2.24) is 5.32 Å². The number of rotatable bonds is 0. The van der Waals surface area contributed by atoms with Gasteiger partial charge in [0.2, 0.25) is 0 Å². The largest absolute Gasteiger partial charge is 0.389 e. The molecule has 0 amide bonds. The molecule has 5 nitrogen and oxygen atoms in total. The average Bonchev–Trinajstić information content (AvgIpc) is 2.35. The van der Waals surface area contributed by atoms with E-state index < -0.39 is 30.2 Å². The van der Waals surface area contributed by atoms with Crippen molar-refractivity contribution < 1.29 is 19.7 Å². The highest BCUT2D eigenvalue weighted by Crippen LogP contribution is 2.32. The van der Waals surface area contributed by atoms with Gasteiger partial charge in [-0.15, -0.1) is 0 Å². The molecule has 5 heteroatoms. The molecule has 0 spiro atoms. The van der Waals surface area contributed by atoms with Crippen molar-refractivity contribution in [3.63, 3.8) is 0 Å². The van der Waals surface area contributed by atoms with E-state index in [0.717, 1.165) is 0 Å². The standard InChI is InChI=1S/C9H17NO4/c1-9(2)13-7-5(11)3-10-4-6(12)8(7)14-9/h5-8,10-12H,3-4H2,1-2H3/t5-,6-,7-,8-/m1/s1. The molecule has 14 heavy (non-hydrogen) atoms. The van der Waals surface area contributed by atoms with Gasteiger partial charge in [-0.25, -0.2) is 0 Å². The van der Waals surface area contributed by atoms with Crippen LogP contribution in [0.2, 0.25) is 0 Å². The van der Waals surface area contributed by atoms with Crippen molar-refractivity contribution in [2.75, 3.05) is 13.1 Å². The topological polar surface area (TPSA) is 71.0 Å². The number of β-amino-alcohol motifs (C(OH)–C–C–N with tert-alkyl or cyclic N) is 2. The highest BCUT2D eigenvalue weighted by Gasteiger charge is 2.48. The van der Waals surface area contributed by atoms with Gasteiger partial charge in [0.25, 0.3) is 0 Å². The van der Waals surface area contributed by atoms with Crippen LogP contribution in [0.5, 0.6) is 0 Å². The molecule has 2 heterocycles. The fourth-order valence-corrected chi connectivity index (χ4v) is 2.02. The summed E-state index contributed by atoms with van der Waals surface area (Å²) in [5.41, 5.74) is 0. The second kappa shape index (κ2) is 3.43. The van der Waals surface area contributed by atoms with E-state index in [2.05, 4.69) is 5.32 Å². The van der Waals surface area contributed by atoms with Crippen LogP contribution in [0.3, 0.4) is 0 Å². The molecule has 82 valence electrons. The lowest BCUT2D eigenvalue weighted by atomic mass is 10.1. The maximum Gasteiger partial charge on any atom is 0.164 e. The minimum absolute atomic E-state index is 0.428. The summed E-state index contributed by atoms with van der Waals surface area (Å²) in [6.07, 6.45) is -2.12. The predicted octanol–water partition coefficient (Wildman–Crippen LogP) is -1.17. The molecule has 0 unspecified atom stereocenters. The van der Waals surface area contributed by atoms with Gasteiger partial charge in [0.15, 0.2) is 5.79 Å². The first-order valence-corrected chi connectivity index (χ1v) is 4.92. The summed E-state index contributed by atoms with van der Waals surface area (Å²) in [7, 11) is 0. The van der Waals surface area contributed by atoms with Crippen LogP contribution in [0.15, 0.2) is 0 Å². The number of ether oxygens (including phenoxy) is 2. The molecule has 0 bridgehead atoms. The van der Waals surface area contributed by atoms with Gasteiger partial charge >= 0.3 is 0 Å². The van der Waals surface area contributed by atoms with Crippen molar-refractivity contribution >= 4 is 0 Å². The molecule has 2 rings (SSSR count). The number of aliphatic hydroxyl groups excluding tert-OH is 2. The van der Waals surface area contributed by atoms with E-state index in [1.807, 2.05) is 0 Å². The van der Waals surface area contributed by atoms with E-state index >= 15 is 0 Å². The second-order valence-corrected chi connectivity index (χ2v) is 4.36. The Bertz CT molecular complexity index is 201. The zero-order valence-corrected chi connectivity index (χ0v) is 8.43. The zero-order valence-electron chi connectivity index (χ0n) is 8.43. The maximum atomic E-state index is 9.73. The van der Waals surface area contributed by atoms with Crippen molar-refractivity contribution in [3.8, 4) is 0 Å². The quantitative estimate of drug-likeness (QED) is 0.463. The van der Waals surface area contributed by atoms with E-state index in [0.29, 0.717) is 13.1 Å². The summed E-state index contributed by atoms with van der Waals surface area (Å²) >= 11 is 0. The first-order chi connectivity index (χ1) is 6.49. The maximum absolute atomic E-state index is 9.73. The summed E-state index contributed by atoms with van der Waals surface area (Å²) in [5, 5.41) is 22.4. The summed E-state index contributed by atoms with van der Waals surface area (Å²) in [6.45, 7) is 4.43. The number of hydrogen-bond donors (Lipinski definition) is 3. The average molecular weight is 203 g/mol. The lowest BCUT2D eigenvalue weighted by Gasteiger charge is -2.20. The Morgan fingerprint density at radius 3 is 1.93 bits per heavy atom. The van der Waals surface area contributed by atoms with Crippen molar-refractivity contribution in [2.45, 2.75) is 44.1 Å². The normalized spacial score (nSPS) is 47.1. The highest BCUT2D eigenvalue weighted by molar-refractivity contribution is 4.94. The molecule has 2 fully saturated rings. The van der Waals surface area contributed by atoms with Crippen LogP contribution in [0.25, 0.3) is 0 Å². The van der Waals surface area contributed by atoms with Gasteiger partial charge in [0, 0.05) is 13.1 Å². The molecule has 2 aliphatic rings. The number of fused-ring (bicyclic) bond motifs is 1. The molecule has 0 saturated carbocycles. The van der Waals surface area contributed by atoms with Gasteiger partial charge < -0.3 is 25.0 Å². The lowest BCUT2D eigenvalue weighted by Crippen LogP contribution is -2.41. The summed E-state index contributed by atoms with van der Waals surface area (Å²) in [6, 6.07) is 0. The lowest BCUT2D eigenvalue weighted by molar-refractivity contribution is -0.162. The monoisotopic (exact) mass is 203 g/mol. The van der Waals surface area contributed by atoms with E-state index in [-0.39, 0.29) is 0 Å². The van der Waals surface area contributed by atoms with Crippen LogP contribution >= 0.6 is 0 Å². The van der Waals surface area contributed by atoms with E-state index in [9.17, 15) is 10.2 Å². The minimum atomic E-state index is -0.714. The highest BCUT2D eigenvalue weighted by atomic mass is 16.8. The van der Waals surface area contributed by atoms with Gasteiger partial charge in [-0.1, -0.05) is 0 Å². The van der Waals surface area contributed by atoms with Crippen molar-refractivity contribution in [3.05, 3.63) is 0 Å². The van der Waals surface area contributed by atoms with Crippen LogP contribution in [-0.2, 0) is 9.47 Å². The minimum Gasteiger partial charge on any atom is -0.389 e. The molecule has 0 aliphatic carbocycles. The summed E-state index contributed by atoms with van der Waals surface area (Å²) in [4.78, 5) is 0. The number of aliphatic hydroxyl groups is 2. The first kappa shape index (κ1) is 10.3. The molecule has 4 atom stereocenters. The predicted molar refractivity (Wildman–Crippen MR) is 48.7 cm³/mol. The third kappa shape index (κ3) is 1.78. The first-order valence-electron chi connectivity index (χ1n) is 4.92. The Morgan fingerprint density at radius 1 is 1.07 bits per heavy atom. The molecule has 0 aromatic heterocycles. The molecule has 2 aliphatic heterocycles. The molecule has 0 aromatic rings.